The molecule has 118 valence electrons. The number of piperidine rings is 1. The average molecular weight is 338 g/mol. The van der Waals surface area contributed by atoms with Gasteiger partial charge in [0, 0.05) is 23.1 Å². The maximum Gasteiger partial charge on any atom is 0.164 e. The average Bonchev–Trinajstić information content (AvgIpc) is 3.04. The Morgan fingerprint density at radius 2 is 2.05 bits per heavy atom. The predicted octanol–water partition coefficient (Wildman–Crippen LogP) is 3.99. The van der Waals surface area contributed by atoms with E-state index in [2.05, 4.69) is 10.3 Å². The number of thioether (sulfide) groups is 1. The van der Waals surface area contributed by atoms with Gasteiger partial charge in [0.05, 0.1) is 5.69 Å². The first-order chi connectivity index (χ1) is 10.7. The minimum atomic E-state index is -1.27. The molecule has 1 aliphatic heterocycles. The molecule has 22 heavy (non-hydrogen) atoms. The fourth-order valence-electron chi connectivity index (χ4n) is 2.45. The van der Waals surface area contributed by atoms with E-state index in [1.165, 1.54) is 16.2 Å². The van der Waals surface area contributed by atoms with Gasteiger partial charge in [0.25, 0.3) is 0 Å². The van der Waals surface area contributed by atoms with Crippen LogP contribution in [-0.2, 0) is 12.3 Å². The number of ether oxygens (including phenoxy) is 1. The van der Waals surface area contributed by atoms with Gasteiger partial charge in [0.2, 0.25) is 0 Å². The molecule has 0 saturated carbocycles. The van der Waals surface area contributed by atoms with Crippen molar-refractivity contribution in [2.24, 2.45) is 0 Å². The highest BCUT2D eigenvalue weighted by Gasteiger charge is 2.36. The Balaban J connectivity index is 1.61. The molecule has 2 aromatic rings. The van der Waals surface area contributed by atoms with Crippen LogP contribution in [0.2, 0.25) is 0 Å². The van der Waals surface area contributed by atoms with Crippen LogP contribution >= 0.6 is 23.1 Å². The van der Waals surface area contributed by atoms with E-state index < -0.39 is 5.67 Å². The van der Waals surface area contributed by atoms with Crippen molar-refractivity contribution < 1.29 is 9.13 Å². The second-order valence-corrected chi connectivity index (χ2v) is 7.06. The van der Waals surface area contributed by atoms with Crippen LogP contribution in [0.25, 0.3) is 0 Å². The monoisotopic (exact) mass is 338 g/mol. The van der Waals surface area contributed by atoms with E-state index in [1.54, 1.807) is 11.8 Å². The largest absolute Gasteiger partial charge is 0.487 e. The zero-order valence-corrected chi connectivity index (χ0v) is 14.1. The molecule has 0 amide bonds. The van der Waals surface area contributed by atoms with Crippen molar-refractivity contribution in [3.63, 3.8) is 0 Å². The highest BCUT2D eigenvalue weighted by molar-refractivity contribution is 7.98. The summed E-state index contributed by atoms with van der Waals surface area (Å²) in [5.41, 5.74) is -0.474. The molecule has 0 radical (unpaired) electrons. The molecule has 0 bridgehead atoms. The maximum atomic E-state index is 14.8. The van der Waals surface area contributed by atoms with Crippen molar-refractivity contribution in [2.75, 3.05) is 19.3 Å². The van der Waals surface area contributed by atoms with E-state index in [4.69, 9.17) is 4.74 Å². The van der Waals surface area contributed by atoms with Gasteiger partial charge in [0.15, 0.2) is 5.67 Å². The Kier molecular flexibility index (Phi) is 5.00. The van der Waals surface area contributed by atoms with Crippen molar-refractivity contribution in [3.05, 3.63) is 40.3 Å². The van der Waals surface area contributed by atoms with Crippen LogP contribution in [0.3, 0.4) is 0 Å². The van der Waals surface area contributed by atoms with Crippen LogP contribution in [0, 0.1) is 0 Å². The molecular weight excluding hydrogens is 319 g/mol. The molecule has 0 spiro atoms. The lowest BCUT2D eigenvalue weighted by Gasteiger charge is -2.27. The van der Waals surface area contributed by atoms with E-state index in [-0.39, 0.29) is 0 Å². The lowest BCUT2D eigenvalue weighted by molar-refractivity contribution is 0.114. The summed E-state index contributed by atoms with van der Waals surface area (Å²) in [6.45, 7) is 1.80. The molecule has 3 nitrogen and oxygen atoms in total. The Hall–Kier alpha value is -1.11. The summed E-state index contributed by atoms with van der Waals surface area (Å²) in [5, 5.41) is 5.67. The number of hydrogen-bond donors (Lipinski definition) is 1. The third-order valence-electron chi connectivity index (χ3n) is 3.78. The molecule has 1 saturated heterocycles. The highest BCUT2D eigenvalue weighted by Crippen LogP contribution is 2.36. The zero-order chi connectivity index (χ0) is 15.4. The van der Waals surface area contributed by atoms with Gasteiger partial charge in [-0.3, -0.25) is 0 Å². The van der Waals surface area contributed by atoms with Crippen LogP contribution in [0.1, 0.15) is 23.5 Å². The molecule has 0 atom stereocenters. The van der Waals surface area contributed by atoms with Gasteiger partial charge in [-0.15, -0.1) is 23.1 Å². The van der Waals surface area contributed by atoms with Crippen molar-refractivity contribution in [1.82, 2.24) is 10.3 Å². The summed E-state index contributed by atoms with van der Waals surface area (Å²) in [5.74, 6) is 0.809. The summed E-state index contributed by atoms with van der Waals surface area (Å²) in [6, 6.07) is 7.95. The molecule has 0 aliphatic carbocycles. The number of nitrogens with zero attached hydrogens (tertiary/aromatic N) is 1. The number of rotatable bonds is 5. The van der Waals surface area contributed by atoms with Gasteiger partial charge in [-0.1, -0.05) is 0 Å². The molecule has 3 rings (SSSR count). The smallest absolute Gasteiger partial charge is 0.164 e. The van der Waals surface area contributed by atoms with Crippen molar-refractivity contribution in [2.45, 2.75) is 30.0 Å². The minimum absolute atomic E-state index is 0.378. The molecule has 0 unspecified atom stereocenters. The molecule has 1 N–H and O–H groups in total. The summed E-state index contributed by atoms with van der Waals surface area (Å²) >= 11 is 3.10. The van der Waals surface area contributed by atoms with Crippen LogP contribution < -0.4 is 10.1 Å². The van der Waals surface area contributed by atoms with Gasteiger partial charge in [-0.2, -0.15) is 0 Å². The number of aromatic nitrogens is 1. The van der Waals surface area contributed by atoms with E-state index in [9.17, 15) is 4.39 Å². The van der Waals surface area contributed by atoms with Crippen molar-refractivity contribution in [1.29, 1.82) is 0 Å². The second-order valence-electron chi connectivity index (χ2n) is 5.32. The summed E-state index contributed by atoms with van der Waals surface area (Å²) in [4.78, 5) is 5.64. The Morgan fingerprint density at radius 3 is 2.73 bits per heavy atom. The summed E-state index contributed by atoms with van der Waals surface area (Å²) < 4.78 is 20.6. The highest BCUT2D eigenvalue weighted by atomic mass is 32.2. The van der Waals surface area contributed by atoms with Crippen LogP contribution in [-0.4, -0.2) is 24.3 Å². The SMILES string of the molecule is CSc1ccc(OCc2csc(C3(F)CCNCC3)n2)cc1. The number of hydrogen-bond acceptors (Lipinski definition) is 5. The van der Waals surface area contributed by atoms with Crippen LogP contribution in [0.4, 0.5) is 4.39 Å². The fourth-order valence-corrected chi connectivity index (χ4v) is 3.81. The summed E-state index contributed by atoms with van der Waals surface area (Å²) in [6.07, 6.45) is 3.04. The topological polar surface area (TPSA) is 34.1 Å². The Morgan fingerprint density at radius 1 is 1.32 bits per heavy atom. The quantitative estimate of drug-likeness (QED) is 0.836. The molecule has 1 aromatic carbocycles. The predicted molar refractivity (Wildman–Crippen MR) is 89.6 cm³/mol. The number of nitrogens with one attached hydrogen (secondary N) is 1. The molecule has 2 heterocycles. The van der Waals surface area contributed by atoms with Gasteiger partial charge in [0.1, 0.15) is 17.4 Å². The standard InChI is InChI=1S/C16H19FN2OS2/c1-21-14-4-2-13(3-5-14)20-10-12-11-22-15(19-12)16(17)6-8-18-9-7-16/h2-5,11,18H,6-10H2,1H3. The zero-order valence-electron chi connectivity index (χ0n) is 12.5. The van der Waals surface area contributed by atoms with Gasteiger partial charge < -0.3 is 10.1 Å². The van der Waals surface area contributed by atoms with Gasteiger partial charge in [-0.25, -0.2) is 9.37 Å². The lowest BCUT2D eigenvalue weighted by atomic mass is 9.95. The minimum Gasteiger partial charge on any atom is -0.487 e. The van der Waals surface area contributed by atoms with Gasteiger partial charge in [-0.05, 0) is 43.6 Å². The number of benzene rings is 1. The Bertz CT molecular complexity index is 609. The van der Waals surface area contributed by atoms with Crippen LogP contribution in [0.5, 0.6) is 5.75 Å². The second kappa shape index (κ2) is 6.98. The number of halogens is 1. The van der Waals surface area contributed by atoms with Crippen molar-refractivity contribution >= 4 is 23.1 Å². The third-order valence-corrected chi connectivity index (χ3v) is 5.59. The first-order valence-electron chi connectivity index (χ1n) is 7.31. The normalized spacial score (nSPS) is 17.4. The molecular formula is C16H19FN2OS2. The van der Waals surface area contributed by atoms with E-state index in [1.807, 2.05) is 35.9 Å². The van der Waals surface area contributed by atoms with E-state index in [0.29, 0.717) is 37.5 Å². The molecule has 6 heteroatoms. The van der Waals surface area contributed by atoms with Crippen molar-refractivity contribution in [3.8, 4) is 5.75 Å². The lowest BCUT2D eigenvalue weighted by Crippen LogP contribution is -2.36. The van der Waals surface area contributed by atoms with Gasteiger partial charge >= 0.3 is 0 Å². The number of alkyl halides is 1. The number of thiazole rings is 1. The van der Waals surface area contributed by atoms with E-state index >= 15 is 0 Å². The summed E-state index contributed by atoms with van der Waals surface area (Å²) in [7, 11) is 0. The van der Waals surface area contributed by atoms with E-state index in [0.717, 1.165) is 11.4 Å². The molecule has 1 aromatic heterocycles. The fraction of sp³-hybridized carbons (Fsp3) is 0.438. The maximum absolute atomic E-state index is 14.8. The third kappa shape index (κ3) is 3.62. The molecule has 1 aliphatic rings. The first kappa shape index (κ1) is 15.8. The molecule has 1 fully saturated rings. The first-order valence-corrected chi connectivity index (χ1v) is 9.41. The van der Waals surface area contributed by atoms with Crippen LogP contribution in [0.15, 0.2) is 34.5 Å². The Labute approximate surface area is 138 Å².